The Balaban J connectivity index is 1.95. The van der Waals surface area contributed by atoms with Crippen LogP contribution in [-0.2, 0) is 32.6 Å². The maximum absolute atomic E-state index is 14.0. The molecule has 0 heterocycles. The van der Waals surface area contributed by atoms with E-state index in [0.717, 1.165) is 22.9 Å². The molecule has 43 heavy (non-hydrogen) atoms. The summed E-state index contributed by atoms with van der Waals surface area (Å²) in [5.41, 5.74) is 3.46. The van der Waals surface area contributed by atoms with Crippen LogP contribution in [0, 0.1) is 13.8 Å². The number of sulfonamides is 1. The average Bonchev–Trinajstić information content (AvgIpc) is 2.90. The van der Waals surface area contributed by atoms with Gasteiger partial charge in [0.25, 0.3) is 0 Å². The van der Waals surface area contributed by atoms with E-state index in [-0.39, 0.29) is 44.2 Å². The molecule has 0 saturated carbocycles. The summed E-state index contributed by atoms with van der Waals surface area (Å²) in [7, 11) is -3.61. The van der Waals surface area contributed by atoms with Crippen LogP contribution in [0.4, 0.5) is 5.69 Å². The second-order valence-electron chi connectivity index (χ2n) is 11.9. The molecule has 0 aliphatic heterocycles. The van der Waals surface area contributed by atoms with Gasteiger partial charge >= 0.3 is 0 Å². The van der Waals surface area contributed by atoms with Crippen molar-refractivity contribution >= 4 is 50.7 Å². The summed E-state index contributed by atoms with van der Waals surface area (Å²) in [5.74, 6) is -0.615. The fraction of sp³-hybridized carbons (Fsp3) is 0.394. The molecule has 0 fully saturated rings. The first kappa shape index (κ1) is 34.4. The number of nitrogens with zero attached hydrogens (tertiary/aromatic N) is 2. The second kappa shape index (κ2) is 14.6. The van der Waals surface area contributed by atoms with Crippen molar-refractivity contribution in [2.24, 2.45) is 0 Å². The van der Waals surface area contributed by atoms with Crippen molar-refractivity contribution in [3.8, 4) is 0 Å². The Kier molecular flexibility index (Phi) is 11.7. The van der Waals surface area contributed by atoms with Crippen LogP contribution in [0.2, 0.25) is 10.0 Å². The minimum Gasteiger partial charge on any atom is -0.350 e. The van der Waals surface area contributed by atoms with Gasteiger partial charge in [-0.05, 0) is 82.0 Å². The lowest BCUT2D eigenvalue weighted by Gasteiger charge is -2.34. The van der Waals surface area contributed by atoms with E-state index in [0.29, 0.717) is 21.3 Å². The first-order chi connectivity index (χ1) is 20.1. The van der Waals surface area contributed by atoms with E-state index < -0.39 is 21.6 Å². The molecule has 0 aromatic heterocycles. The van der Waals surface area contributed by atoms with Crippen molar-refractivity contribution in [1.29, 1.82) is 0 Å². The van der Waals surface area contributed by atoms with Gasteiger partial charge in [-0.25, -0.2) is 8.42 Å². The molecule has 0 spiro atoms. The predicted octanol–water partition coefficient (Wildman–Crippen LogP) is 6.71. The molecular weight excluding hydrogens is 605 g/mol. The summed E-state index contributed by atoms with van der Waals surface area (Å²) >= 11 is 13.0. The molecule has 10 heteroatoms. The summed E-state index contributed by atoms with van der Waals surface area (Å²) in [4.78, 5) is 29.3. The molecule has 1 atom stereocenters. The van der Waals surface area contributed by atoms with Crippen LogP contribution in [-0.4, -0.2) is 49.5 Å². The number of amides is 2. The van der Waals surface area contributed by atoms with Crippen molar-refractivity contribution in [1.82, 2.24) is 10.2 Å². The van der Waals surface area contributed by atoms with Crippen LogP contribution < -0.4 is 9.62 Å². The normalized spacial score (nSPS) is 12.5. The standard InChI is InChI=1S/C33H41Cl2N3O4S/c1-23-17-18-26(20-24(23)2)38(43(6,41)42)19-11-16-31(39)37(22-27-28(34)14-10-15-29(27)35)30(32(40)36-33(3,4)5)21-25-12-8-7-9-13-25/h7-10,12-15,17-18,20,30H,11,16,19,21-22H2,1-6H3,(H,36,40)/t30-/m1/s1. The molecule has 7 nitrogen and oxygen atoms in total. The first-order valence-electron chi connectivity index (χ1n) is 14.2. The van der Waals surface area contributed by atoms with Gasteiger partial charge in [0.2, 0.25) is 21.8 Å². The topological polar surface area (TPSA) is 86.8 Å². The highest BCUT2D eigenvalue weighted by Gasteiger charge is 2.33. The molecule has 0 saturated heterocycles. The number of aryl methyl sites for hydroxylation is 2. The van der Waals surface area contributed by atoms with Crippen molar-refractivity contribution in [3.05, 3.63) is 99.0 Å². The Bertz CT molecular complexity index is 1520. The number of anilines is 1. The fourth-order valence-electron chi connectivity index (χ4n) is 4.75. The lowest BCUT2D eigenvalue weighted by molar-refractivity contribution is -0.142. The Morgan fingerprint density at radius 3 is 2.09 bits per heavy atom. The largest absolute Gasteiger partial charge is 0.350 e. The van der Waals surface area contributed by atoms with Crippen molar-refractivity contribution < 1.29 is 18.0 Å². The zero-order valence-corrected chi connectivity index (χ0v) is 28.0. The van der Waals surface area contributed by atoms with E-state index in [4.69, 9.17) is 23.2 Å². The zero-order valence-electron chi connectivity index (χ0n) is 25.7. The van der Waals surface area contributed by atoms with Gasteiger partial charge in [-0.3, -0.25) is 13.9 Å². The van der Waals surface area contributed by atoms with E-state index in [1.165, 1.54) is 9.21 Å². The van der Waals surface area contributed by atoms with E-state index in [1.54, 1.807) is 24.3 Å². The summed E-state index contributed by atoms with van der Waals surface area (Å²) < 4.78 is 26.8. The monoisotopic (exact) mass is 645 g/mol. The summed E-state index contributed by atoms with van der Waals surface area (Å²) in [6.45, 7) is 9.65. The molecule has 0 unspecified atom stereocenters. The second-order valence-corrected chi connectivity index (χ2v) is 14.6. The minimum atomic E-state index is -3.61. The number of carbonyl (C=O) groups is 2. The van der Waals surface area contributed by atoms with Gasteiger partial charge in [-0.2, -0.15) is 0 Å². The third-order valence-electron chi connectivity index (χ3n) is 7.09. The number of nitrogens with one attached hydrogen (secondary N) is 1. The number of halogens is 2. The van der Waals surface area contributed by atoms with E-state index in [9.17, 15) is 18.0 Å². The van der Waals surface area contributed by atoms with Crippen LogP contribution >= 0.6 is 23.2 Å². The Morgan fingerprint density at radius 1 is 0.907 bits per heavy atom. The van der Waals surface area contributed by atoms with Crippen molar-refractivity contribution in [3.63, 3.8) is 0 Å². The summed E-state index contributed by atoms with van der Waals surface area (Å²) in [5, 5.41) is 3.80. The van der Waals surface area contributed by atoms with Crippen molar-refractivity contribution in [2.45, 2.75) is 72.0 Å². The Morgan fingerprint density at radius 2 is 1.53 bits per heavy atom. The molecule has 2 amide bonds. The van der Waals surface area contributed by atoms with Gasteiger partial charge < -0.3 is 10.2 Å². The summed E-state index contributed by atoms with van der Waals surface area (Å²) in [6, 6.07) is 19.2. The highest BCUT2D eigenvalue weighted by molar-refractivity contribution is 7.92. The zero-order chi connectivity index (χ0) is 31.9. The average molecular weight is 647 g/mol. The van der Waals surface area contributed by atoms with Crippen LogP contribution in [0.25, 0.3) is 0 Å². The first-order valence-corrected chi connectivity index (χ1v) is 16.8. The van der Waals surface area contributed by atoms with Crippen LogP contribution in [0.1, 0.15) is 55.9 Å². The van der Waals surface area contributed by atoms with Gasteiger partial charge in [-0.15, -0.1) is 0 Å². The highest BCUT2D eigenvalue weighted by Crippen LogP contribution is 2.28. The quantitative estimate of drug-likeness (QED) is 0.237. The molecule has 3 aromatic rings. The molecule has 232 valence electrons. The van der Waals surface area contributed by atoms with Gasteiger partial charge in [0.15, 0.2) is 0 Å². The molecule has 0 aliphatic rings. The lowest BCUT2D eigenvalue weighted by atomic mass is 10.00. The van der Waals surface area contributed by atoms with Gasteiger partial charge in [0.1, 0.15) is 6.04 Å². The van der Waals surface area contributed by atoms with E-state index in [1.807, 2.05) is 77.1 Å². The number of hydrogen-bond acceptors (Lipinski definition) is 4. The minimum absolute atomic E-state index is 0.00697. The fourth-order valence-corrected chi connectivity index (χ4v) is 6.22. The molecule has 1 N–H and O–H groups in total. The van der Waals surface area contributed by atoms with Crippen molar-refractivity contribution in [2.75, 3.05) is 17.1 Å². The van der Waals surface area contributed by atoms with Gasteiger partial charge in [-0.1, -0.05) is 65.7 Å². The highest BCUT2D eigenvalue weighted by atomic mass is 35.5. The molecule has 0 aliphatic carbocycles. The molecule has 0 radical (unpaired) electrons. The third-order valence-corrected chi connectivity index (χ3v) is 8.99. The molecule has 3 rings (SSSR count). The number of benzene rings is 3. The lowest BCUT2D eigenvalue weighted by Crippen LogP contribution is -2.54. The molecule has 3 aromatic carbocycles. The maximum atomic E-state index is 14.0. The van der Waals surface area contributed by atoms with Crippen LogP contribution in [0.15, 0.2) is 66.7 Å². The van der Waals surface area contributed by atoms with Gasteiger partial charge in [0, 0.05) is 47.1 Å². The number of carbonyl (C=O) groups excluding carboxylic acids is 2. The Labute approximate surface area is 266 Å². The Hall–Kier alpha value is -3.07. The third kappa shape index (κ3) is 9.98. The van der Waals surface area contributed by atoms with Crippen LogP contribution in [0.3, 0.4) is 0 Å². The molecule has 0 bridgehead atoms. The maximum Gasteiger partial charge on any atom is 0.243 e. The van der Waals surface area contributed by atoms with Crippen LogP contribution in [0.5, 0.6) is 0 Å². The van der Waals surface area contributed by atoms with E-state index in [2.05, 4.69) is 5.32 Å². The number of hydrogen-bond donors (Lipinski definition) is 1. The SMILES string of the molecule is Cc1ccc(N(CCCC(=O)N(Cc2c(Cl)cccc2Cl)[C@H](Cc2ccccc2)C(=O)NC(C)(C)C)S(C)(=O)=O)cc1C. The van der Waals surface area contributed by atoms with Gasteiger partial charge in [0.05, 0.1) is 11.9 Å². The summed E-state index contributed by atoms with van der Waals surface area (Å²) in [6.07, 6.45) is 1.68. The van der Waals surface area contributed by atoms with E-state index >= 15 is 0 Å². The predicted molar refractivity (Wildman–Crippen MR) is 176 cm³/mol. The number of rotatable bonds is 12. The molecular formula is C33H41Cl2N3O4S. The smallest absolute Gasteiger partial charge is 0.243 e.